The van der Waals surface area contributed by atoms with E-state index in [9.17, 15) is 4.79 Å². The van der Waals surface area contributed by atoms with Gasteiger partial charge >= 0.3 is 0 Å². The van der Waals surface area contributed by atoms with Crippen molar-refractivity contribution in [1.29, 1.82) is 0 Å². The number of benzene rings is 1. The molecule has 0 radical (unpaired) electrons. The molecule has 0 saturated carbocycles. The van der Waals surface area contributed by atoms with E-state index in [0.717, 1.165) is 64.6 Å². The van der Waals surface area contributed by atoms with Gasteiger partial charge in [0.25, 0.3) is 0 Å². The molecule has 0 aliphatic carbocycles. The molecule has 3 heterocycles. The lowest BCUT2D eigenvalue weighted by Gasteiger charge is -2.36. The van der Waals surface area contributed by atoms with Gasteiger partial charge in [-0.15, -0.1) is 0 Å². The van der Waals surface area contributed by atoms with Crippen LogP contribution in [0.4, 0.5) is 0 Å². The minimum Gasteiger partial charge on any atom is -0.348 e. The average Bonchev–Trinajstić information content (AvgIpc) is 3.27. The van der Waals surface area contributed by atoms with Crippen molar-refractivity contribution in [2.45, 2.75) is 38.8 Å². The highest BCUT2D eigenvalue weighted by Crippen LogP contribution is 2.22. The molecule has 2 aromatic rings. The van der Waals surface area contributed by atoms with Gasteiger partial charge in [-0.25, -0.2) is 4.98 Å². The van der Waals surface area contributed by atoms with Gasteiger partial charge in [-0.3, -0.25) is 14.6 Å². The molecule has 0 bridgehead atoms. The zero-order chi connectivity index (χ0) is 19.9. The number of hydrogen-bond acceptors (Lipinski definition) is 4. The van der Waals surface area contributed by atoms with E-state index in [4.69, 9.17) is 0 Å². The van der Waals surface area contributed by atoms with E-state index in [1.165, 1.54) is 18.4 Å². The first-order chi connectivity index (χ1) is 14.3. The summed E-state index contributed by atoms with van der Waals surface area (Å²) in [5, 5.41) is 0. The summed E-state index contributed by atoms with van der Waals surface area (Å²) in [7, 11) is 0. The van der Waals surface area contributed by atoms with Gasteiger partial charge in [0.1, 0.15) is 5.82 Å². The van der Waals surface area contributed by atoms with Crippen molar-refractivity contribution in [2.24, 2.45) is 5.92 Å². The predicted octanol–water partition coefficient (Wildman–Crippen LogP) is 2.75. The van der Waals surface area contributed by atoms with Crippen LogP contribution in [0.5, 0.6) is 0 Å². The summed E-state index contributed by atoms with van der Waals surface area (Å²) < 4.78 is 0. The number of amides is 1. The fourth-order valence-corrected chi connectivity index (χ4v) is 4.61. The Morgan fingerprint density at radius 3 is 2.62 bits per heavy atom. The van der Waals surface area contributed by atoms with Gasteiger partial charge in [0, 0.05) is 58.1 Å². The number of carbonyl (C=O) groups excluding carboxylic acids is 1. The van der Waals surface area contributed by atoms with Gasteiger partial charge in [0.2, 0.25) is 5.91 Å². The molecule has 2 aliphatic heterocycles. The van der Waals surface area contributed by atoms with Crippen molar-refractivity contribution in [3.05, 3.63) is 54.1 Å². The summed E-state index contributed by atoms with van der Waals surface area (Å²) in [6.45, 7) is 7.76. The minimum absolute atomic E-state index is 0.340. The van der Waals surface area contributed by atoms with Crippen LogP contribution in [0.2, 0.25) is 0 Å². The highest BCUT2D eigenvalue weighted by molar-refractivity contribution is 5.76. The highest BCUT2D eigenvalue weighted by Gasteiger charge is 2.24. The van der Waals surface area contributed by atoms with Crippen LogP contribution in [-0.2, 0) is 17.9 Å². The first kappa shape index (κ1) is 20.1. The Morgan fingerprint density at radius 1 is 1.03 bits per heavy atom. The number of likely N-dealkylation sites (tertiary alicyclic amines) is 1. The Hall–Kier alpha value is -2.18. The zero-order valence-corrected chi connectivity index (χ0v) is 17.3. The molecule has 1 aromatic heterocycles. The molecule has 6 heteroatoms. The number of piperidine rings is 1. The standard InChI is InChI=1S/C23H33N5O/c29-23(28-15-13-26(14-16-28)17-20-5-2-1-3-6-20)9-8-21-7-4-12-27(18-21)19-22-24-10-11-25-22/h1-3,5-6,10-11,21H,4,7-9,12-19H2,(H,24,25). The minimum atomic E-state index is 0.340. The summed E-state index contributed by atoms with van der Waals surface area (Å²) in [5.74, 6) is 2.00. The Labute approximate surface area is 173 Å². The molecule has 1 aromatic carbocycles. The van der Waals surface area contributed by atoms with Crippen molar-refractivity contribution in [3.63, 3.8) is 0 Å². The first-order valence-electron chi connectivity index (χ1n) is 11.0. The molecule has 1 unspecified atom stereocenters. The number of nitrogens with one attached hydrogen (secondary N) is 1. The Bertz CT molecular complexity index is 740. The number of H-pyrrole nitrogens is 1. The maximum absolute atomic E-state index is 12.7. The molecule has 2 saturated heterocycles. The van der Waals surface area contributed by atoms with Gasteiger partial charge < -0.3 is 9.88 Å². The van der Waals surface area contributed by atoms with Crippen molar-refractivity contribution in [3.8, 4) is 0 Å². The monoisotopic (exact) mass is 395 g/mol. The zero-order valence-electron chi connectivity index (χ0n) is 17.3. The largest absolute Gasteiger partial charge is 0.348 e. The summed E-state index contributed by atoms with van der Waals surface area (Å²) in [6, 6.07) is 10.6. The van der Waals surface area contributed by atoms with Crippen molar-refractivity contribution >= 4 is 5.91 Å². The number of aromatic amines is 1. The molecule has 4 rings (SSSR count). The predicted molar refractivity (Wildman–Crippen MR) is 114 cm³/mol. The molecule has 1 amide bonds. The van der Waals surface area contributed by atoms with Crippen LogP contribution in [-0.4, -0.2) is 69.8 Å². The summed E-state index contributed by atoms with van der Waals surface area (Å²) in [6.07, 6.45) is 7.87. The molecule has 6 nitrogen and oxygen atoms in total. The van der Waals surface area contributed by atoms with Crippen LogP contribution in [0.1, 0.15) is 37.1 Å². The smallest absolute Gasteiger partial charge is 0.222 e. The van der Waals surface area contributed by atoms with E-state index in [1.54, 1.807) is 0 Å². The molecule has 29 heavy (non-hydrogen) atoms. The second kappa shape index (κ2) is 10.0. The van der Waals surface area contributed by atoms with Gasteiger partial charge in [-0.05, 0) is 37.3 Å². The SMILES string of the molecule is O=C(CCC1CCCN(Cc2ncc[nH]2)C1)N1CCN(Cc2ccccc2)CC1. The van der Waals surface area contributed by atoms with Crippen LogP contribution in [0, 0.1) is 5.92 Å². The van der Waals surface area contributed by atoms with E-state index < -0.39 is 0 Å². The molecular weight excluding hydrogens is 362 g/mol. The fourth-order valence-electron chi connectivity index (χ4n) is 4.61. The average molecular weight is 396 g/mol. The lowest BCUT2D eigenvalue weighted by Crippen LogP contribution is -2.48. The molecule has 2 fully saturated rings. The lowest BCUT2D eigenvalue weighted by atomic mass is 9.93. The molecule has 0 spiro atoms. The summed E-state index contributed by atoms with van der Waals surface area (Å²) in [4.78, 5) is 27.3. The topological polar surface area (TPSA) is 55.5 Å². The van der Waals surface area contributed by atoms with Crippen LogP contribution < -0.4 is 0 Å². The third-order valence-corrected chi connectivity index (χ3v) is 6.27. The Morgan fingerprint density at radius 2 is 1.86 bits per heavy atom. The molecular formula is C23H33N5O. The maximum Gasteiger partial charge on any atom is 0.222 e. The van der Waals surface area contributed by atoms with E-state index in [-0.39, 0.29) is 0 Å². The van der Waals surface area contributed by atoms with E-state index in [2.05, 4.69) is 55.0 Å². The lowest BCUT2D eigenvalue weighted by molar-refractivity contribution is -0.133. The van der Waals surface area contributed by atoms with E-state index in [1.807, 2.05) is 12.4 Å². The Kier molecular flexibility index (Phi) is 6.96. The number of imidazole rings is 1. The highest BCUT2D eigenvalue weighted by atomic mass is 16.2. The third kappa shape index (κ3) is 5.90. The van der Waals surface area contributed by atoms with Crippen LogP contribution >= 0.6 is 0 Å². The molecule has 156 valence electrons. The normalized spacial score (nSPS) is 21.4. The van der Waals surface area contributed by atoms with E-state index in [0.29, 0.717) is 18.2 Å². The third-order valence-electron chi connectivity index (χ3n) is 6.27. The van der Waals surface area contributed by atoms with Crippen molar-refractivity contribution < 1.29 is 4.79 Å². The second-order valence-electron chi connectivity index (χ2n) is 8.46. The van der Waals surface area contributed by atoms with Crippen LogP contribution in [0.3, 0.4) is 0 Å². The second-order valence-corrected chi connectivity index (χ2v) is 8.46. The van der Waals surface area contributed by atoms with Gasteiger partial charge in [-0.1, -0.05) is 30.3 Å². The summed E-state index contributed by atoms with van der Waals surface area (Å²) >= 11 is 0. The number of carbonyl (C=O) groups is 1. The van der Waals surface area contributed by atoms with Gasteiger partial charge in [-0.2, -0.15) is 0 Å². The van der Waals surface area contributed by atoms with Crippen molar-refractivity contribution in [2.75, 3.05) is 39.3 Å². The molecule has 1 N–H and O–H groups in total. The molecule has 2 aliphatic rings. The Balaban J connectivity index is 1.16. The number of aromatic nitrogens is 2. The quantitative estimate of drug-likeness (QED) is 0.783. The first-order valence-corrected chi connectivity index (χ1v) is 11.0. The number of hydrogen-bond donors (Lipinski definition) is 1. The van der Waals surface area contributed by atoms with Gasteiger partial charge in [0.05, 0.1) is 6.54 Å². The van der Waals surface area contributed by atoms with Gasteiger partial charge in [0.15, 0.2) is 0 Å². The van der Waals surface area contributed by atoms with Crippen molar-refractivity contribution in [1.82, 2.24) is 24.7 Å². The van der Waals surface area contributed by atoms with E-state index >= 15 is 0 Å². The molecule has 1 atom stereocenters. The number of nitrogens with zero attached hydrogens (tertiary/aromatic N) is 4. The maximum atomic E-state index is 12.7. The fraction of sp³-hybridized carbons (Fsp3) is 0.565. The van der Waals surface area contributed by atoms with Crippen LogP contribution in [0.25, 0.3) is 0 Å². The number of rotatable bonds is 7. The van der Waals surface area contributed by atoms with Crippen LogP contribution in [0.15, 0.2) is 42.7 Å². The summed E-state index contributed by atoms with van der Waals surface area (Å²) in [5.41, 5.74) is 1.35. The number of piperazine rings is 1.